The molecule has 0 unspecified atom stereocenters. The topological polar surface area (TPSA) is 92.4 Å². The molecule has 0 fully saturated rings. The van der Waals surface area contributed by atoms with E-state index >= 15 is 0 Å². The molecule has 2 aromatic rings. The molecule has 0 bridgehead atoms. The fourth-order valence-corrected chi connectivity index (χ4v) is 2.69. The number of carbonyl (C=O) groups excluding carboxylic acids is 2. The largest absolute Gasteiger partial charge is 0.383 e. The summed E-state index contributed by atoms with van der Waals surface area (Å²) >= 11 is 1.29. The fourth-order valence-electron chi connectivity index (χ4n) is 1.93. The second-order valence-corrected chi connectivity index (χ2v) is 5.77. The molecule has 0 saturated carbocycles. The average Bonchev–Trinajstić information content (AvgIpc) is 3.06. The highest BCUT2D eigenvalue weighted by Crippen LogP contribution is 2.22. The second kappa shape index (κ2) is 9.76. The zero-order valence-corrected chi connectivity index (χ0v) is 14.2. The third-order valence-corrected chi connectivity index (χ3v) is 4.05. The van der Waals surface area contributed by atoms with Gasteiger partial charge in [0.15, 0.2) is 0 Å². The highest BCUT2D eigenvalue weighted by molar-refractivity contribution is 7.12. The molecule has 0 radical (unpaired) electrons. The molecule has 0 atom stereocenters. The molecule has 2 heterocycles. The third kappa shape index (κ3) is 5.41. The minimum atomic E-state index is -0.272. The van der Waals surface area contributed by atoms with Gasteiger partial charge in [-0.15, -0.1) is 11.3 Å². The molecule has 2 amide bonds. The van der Waals surface area contributed by atoms with Gasteiger partial charge in [0.1, 0.15) is 4.88 Å². The number of nitrogens with one attached hydrogen (secondary N) is 3. The molecule has 0 spiro atoms. The Bertz CT molecular complexity index is 660. The summed E-state index contributed by atoms with van der Waals surface area (Å²) in [5.74, 6) is -0.477. The van der Waals surface area contributed by atoms with Crippen molar-refractivity contribution < 1.29 is 14.3 Å². The molecule has 0 aliphatic heterocycles. The van der Waals surface area contributed by atoms with Crippen molar-refractivity contribution in [2.24, 2.45) is 0 Å². The molecule has 2 rings (SSSR count). The molecule has 3 N–H and O–H groups in total. The van der Waals surface area contributed by atoms with Crippen LogP contribution < -0.4 is 16.0 Å². The monoisotopic (exact) mass is 348 g/mol. The van der Waals surface area contributed by atoms with Crippen LogP contribution in [0.25, 0.3) is 0 Å². The third-order valence-electron chi connectivity index (χ3n) is 3.13. The molecule has 0 aliphatic carbocycles. The lowest BCUT2D eigenvalue weighted by molar-refractivity contribution is 0.0958. The average molecular weight is 348 g/mol. The summed E-state index contributed by atoms with van der Waals surface area (Å²) in [5.41, 5.74) is 0.997. The molecule has 0 aliphatic rings. The molecular weight excluding hydrogens is 328 g/mol. The number of methoxy groups -OCH3 is 1. The zero-order chi connectivity index (χ0) is 17.2. The Morgan fingerprint density at radius 1 is 1.12 bits per heavy atom. The van der Waals surface area contributed by atoms with Gasteiger partial charge in [-0.3, -0.25) is 14.6 Å². The number of rotatable bonds is 9. The van der Waals surface area contributed by atoms with Gasteiger partial charge in [0.2, 0.25) is 0 Å². The Hall–Kier alpha value is -2.29. The molecule has 0 saturated heterocycles. The predicted octanol–water partition coefficient (Wildman–Crippen LogP) is 1.36. The highest BCUT2D eigenvalue weighted by Gasteiger charge is 2.15. The van der Waals surface area contributed by atoms with Crippen molar-refractivity contribution in [3.63, 3.8) is 0 Å². The van der Waals surface area contributed by atoms with Crippen molar-refractivity contribution in [1.82, 2.24) is 15.6 Å². The van der Waals surface area contributed by atoms with Gasteiger partial charge in [0.25, 0.3) is 11.8 Å². The SMILES string of the molecule is COCCNCCNC(=O)c1sccc1NC(=O)c1ccncc1. The highest BCUT2D eigenvalue weighted by atomic mass is 32.1. The molecule has 7 nitrogen and oxygen atoms in total. The maximum Gasteiger partial charge on any atom is 0.263 e. The van der Waals surface area contributed by atoms with Crippen LogP contribution in [0.4, 0.5) is 5.69 Å². The zero-order valence-electron chi connectivity index (χ0n) is 13.4. The number of carbonyl (C=O) groups is 2. The quantitative estimate of drug-likeness (QED) is 0.595. The van der Waals surface area contributed by atoms with E-state index in [-0.39, 0.29) is 11.8 Å². The molecule has 128 valence electrons. The number of amides is 2. The van der Waals surface area contributed by atoms with E-state index in [0.29, 0.717) is 35.8 Å². The van der Waals surface area contributed by atoms with Crippen molar-refractivity contribution in [1.29, 1.82) is 0 Å². The number of nitrogens with zero attached hydrogens (tertiary/aromatic N) is 1. The van der Waals surface area contributed by atoms with Crippen LogP contribution in [0, 0.1) is 0 Å². The van der Waals surface area contributed by atoms with Gasteiger partial charge in [-0.1, -0.05) is 0 Å². The van der Waals surface area contributed by atoms with E-state index in [1.807, 2.05) is 0 Å². The Morgan fingerprint density at radius 3 is 2.67 bits per heavy atom. The van der Waals surface area contributed by atoms with Gasteiger partial charge in [0, 0.05) is 44.7 Å². The number of ether oxygens (including phenoxy) is 1. The standard InChI is InChI=1S/C16H20N4O3S/c1-23-10-9-18-7-8-19-16(22)14-13(4-11-24-14)20-15(21)12-2-5-17-6-3-12/h2-6,11,18H,7-10H2,1H3,(H,19,22)(H,20,21). The lowest BCUT2D eigenvalue weighted by atomic mass is 10.2. The van der Waals surface area contributed by atoms with Crippen LogP contribution in [0.15, 0.2) is 36.0 Å². The number of pyridine rings is 1. The van der Waals surface area contributed by atoms with Gasteiger partial charge in [-0.2, -0.15) is 0 Å². The molecule has 8 heteroatoms. The Labute approximate surface area is 144 Å². The maximum atomic E-state index is 12.2. The summed E-state index contributed by atoms with van der Waals surface area (Å²) in [6, 6.07) is 4.95. The molecule has 2 aromatic heterocycles. The van der Waals surface area contributed by atoms with Gasteiger partial charge in [-0.25, -0.2) is 0 Å². The number of thiophene rings is 1. The second-order valence-electron chi connectivity index (χ2n) is 4.85. The summed E-state index contributed by atoms with van der Waals surface area (Å²) in [5, 5.41) is 10.5. The van der Waals surface area contributed by atoms with Crippen molar-refractivity contribution >= 4 is 28.8 Å². The summed E-state index contributed by atoms with van der Waals surface area (Å²) in [6.07, 6.45) is 3.10. The van der Waals surface area contributed by atoms with E-state index in [1.165, 1.54) is 11.3 Å². The normalized spacial score (nSPS) is 10.4. The van der Waals surface area contributed by atoms with Crippen LogP contribution in [0.5, 0.6) is 0 Å². The minimum Gasteiger partial charge on any atom is -0.383 e. The summed E-state index contributed by atoms with van der Waals surface area (Å²) < 4.78 is 4.93. The van der Waals surface area contributed by atoms with Crippen LogP contribution >= 0.6 is 11.3 Å². The lowest BCUT2D eigenvalue weighted by Gasteiger charge is -2.08. The van der Waals surface area contributed by atoms with E-state index < -0.39 is 0 Å². The van der Waals surface area contributed by atoms with Crippen LogP contribution in [0.3, 0.4) is 0 Å². The van der Waals surface area contributed by atoms with Gasteiger partial charge in [-0.05, 0) is 23.6 Å². The van der Waals surface area contributed by atoms with Crippen molar-refractivity contribution in [2.45, 2.75) is 0 Å². The van der Waals surface area contributed by atoms with E-state index in [2.05, 4.69) is 20.9 Å². The number of hydrogen-bond donors (Lipinski definition) is 3. The van der Waals surface area contributed by atoms with Gasteiger partial charge in [0.05, 0.1) is 12.3 Å². The summed E-state index contributed by atoms with van der Waals surface area (Å²) in [4.78, 5) is 28.7. The smallest absolute Gasteiger partial charge is 0.263 e. The van der Waals surface area contributed by atoms with Crippen molar-refractivity contribution in [3.05, 3.63) is 46.4 Å². The van der Waals surface area contributed by atoms with Crippen LogP contribution in [-0.4, -0.2) is 50.1 Å². The van der Waals surface area contributed by atoms with Crippen molar-refractivity contribution in [3.8, 4) is 0 Å². The number of anilines is 1. The van der Waals surface area contributed by atoms with E-state index in [9.17, 15) is 9.59 Å². The summed E-state index contributed by atoms with van der Waals surface area (Å²) in [7, 11) is 1.64. The first-order chi connectivity index (χ1) is 11.7. The first kappa shape index (κ1) is 18.1. The lowest BCUT2D eigenvalue weighted by Crippen LogP contribution is -2.33. The minimum absolute atomic E-state index is 0.205. The van der Waals surface area contributed by atoms with E-state index in [0.717, 1.165) is 6.54 Å². The van der Waals surface area contributed by atoms with Crippen molar-refractivity contribution in [2.75, 3.05) is 38.7 Å². The fraction of sp³-hybridized carbons (Fsp3) is 0.312. The molecular formula is C16H20N4O3S. The maximum absolute atomic E-state index is 12.2. The number of hydrogen-bond acceptors (Lipinski definition) is 6. The molecule has 0 aromatic carbocycles. The van der Waals surface area contributed by atoms with E-state index in [4.69, 9.17) is 4.74 Å². The summed E-state index contributed by atoms with van der Waals surface area (Å²) in [6.45, 7) is 2.51. The van der Waals surface area contributed by atoms with Gasteiger partial charge < -0.3 is 20.7 Å². The Morgan fingerprint density at radius 2 is 1.92 bits per heavy atom. The van der Waals surface area contributed by atoms with Crippen LogP contribution in [0.2, 0.25) is 0 Å². The van der Waals surface area contributed by atoms with Crippen LogP contribution in [0.1, 0.15) is 20.0 Å². The Kier molecular flexibility index (Phi) is 7.34. The first-order valence-corrected chi connectivity index (χ1v) is 8.37. The van der Waals surface area contributed by atoms with E-state index in [1.54, 1.807) is 43.1 Å². The molecule has 24 heavy (non-hydrogen) atoms. The first-order valence-electron chi connectivity index (χ1n) is 7.49. The predicted molar refractivity (Wildman–Crippen MR) is 93.6 cm³/mol. The van der Waals surface area contributed by atoms with Crippen LogP contribution in [-0.2, 0) is 4.74 Å². The number of aromatic nitrogens is 1. The van der Waals surface area contributed by atoms with Gasteiger partial charge >= 0.3 is 0 Å². The Balaban J connectivity index is 1.85.